The Labute approximate surface area is 145 Å². The Kier molecular flexibility index (Phi) is 7.44. The third-order valence-corrected chi connectivity index (χ3v) is 5.42. The van der Waals surface area contributed by atoms with Gasteiger partial charge in [-0.15, -0.1) is 11.8 Å². The molecule has 128 valence electrons. The molecule has 4 heteroatoms. The van der Waals surface area contributed by atoms with Gasteiger partial charge < -0.3 is 10.2 Å². The maximum Gasteiger partial charge on any atom is 0.230 e. The van der Waals surface area contributed by atoms with Crippen LogP contribution in [-0.4, -0.2) is 43.2 Å². The minimum Gasteiger partial charge on any atom is -0.353 e. The molecule has 0 heterocycles. The van der Waals surface area contributed by atoms with Crippen LogP contribution in [0.2, 0.25) is 0 Å². The highest BCUT2D eigenvalue weighted by molar-refractivity contribution is 7.99. The van der Waals surface area contributed by atoms with Gasteiger partial charge >= 0.3 is 0 Å². The monoisotopic (exact) mass is 334 g/mol. The van der Waals surface area contributed by atoms with Crippen LogP contribution in [0.3, 0.4) is 0 Å². The lowest BCUT2D eigenvalue weighted by Crippen LogP contribution is -2.39. The van der Waals surface area contributed by atoms with Crippen molar-refractivity contribution in [1.82, 2.24) is 10.2 Å². The van der Waals surface area contributed by atoms with Gasteiger partial charge in [0.05, 0.1) is 5.75 Å². The number of hydrogen-bond acceptors (Lipinski definition) is 3. The molecule has 0 atom stereocenters. The Balaban J connectivity index is 1.62. The van der Waals surface area contributed by atoms with Crippen molar-refractivity contribution in [3.05, 3.63) is 35.4 Å². The predicted molar refractivity (Wildman–Crippen MR) is 99.8 cm³/mol. The maximum atomic E-state index is 12.1. The summed E-state index contributed by atoms with van der Waals surface area (Å²) in [4.78, 5) is 14.4. The first-order valence-corrected chi connectivity index (χ1v) is 9.76. The van der Waals surface area contributed by atoms with E-state index in [1.807, 2.05) is 0 Å². The fourth-order valence-corrected chi connectivity index (χ4v) is 4.12. The van der Waals surface area contributed by atoms with Gasteiger partial charge in [0.25, 0.3) is 0 Å². The molecular formula is C19H30N2OS. The number of benzene rings is 1. The summed E-state index contributed by atoms with van der Waals surface area (Å²) in [5.41, 5.74) is 2.58. The molecule has 1 saturated carbocycles. The summed E-state index contributed by atoms with van der Waals surface area (Å²) >= 11 is 1.70. The number of thioether (sulfide) groups is 1. The standard InChI is InChI=1S/C19H30N2OS/c1-15-5-4-6-17(11-15)13-23-14-19(22)20-18-9-7-16(8-10-18)12-21(2)3/h4-6,11,16,18H,7-10,12-14H2,1-3H3,(H,20,22). The lowest BCUT2D eigenvalue weighted by Gasteiger charge is -2.30. The van der Waals surface area contributed by atoms with Gasteiger partial charge in [-0.2, -0.15) is 0 Å². The lowest BCUT2D eigenvalue weighted by molar-refractivity contribution is -0.119. The molecule has 0 spiro atoms. The number of hydrogen-bond donors (Lipinski definition) is 1. The van der Waals surface area contributed by atoms with Gasteiger partial charge in [-0.3, -0.25) is 4.79 Å². The van der Waals surface area contributed by atoms with Crippen LogP contribution in [0.4, 0.5) is 0 Å². The lowest BCUT2D eigenvalue weighted by atomic mass is 9.86. The van der Waals surface area contributed by atoms with E-state index in [1.165, 1.54) is 30.5 Å². The van der Waals surface area contributed by atoms with Gasteiger partial charge in [0, 0.05) is 18.3 Å². The maximum absolute atomic E-state index is 12.1. The van der Waals surface area contributed by atoms with E-state index in [2.05, 4.69) is 55.5 Å². The number of nitrogens with one attached hydrogen (secondary N) is 1. The fourth-order valence-electron chi connectivity index (χ4n) is 3.34. The first-order chi connectivity index (χ1) is 11.0. The average Bonchev–Trinajstić information content (AvgIpc) is 2.49. The highest BCUT2D eigenvalue weighted by atomic mass is 32.2. The second-order valence-corrected chi connectivity index (χ2v) is 8.01. The molecule has 0 radical (unpaired) electrons. The van der Waals surface area contributed by atoms with Gasteiger partial charge in [0.2, 0.25) is 5.91 Å². The van der Waals surface area contributed by atoms with Crippen LogP contribution in [0.25, 0.3) is 0 Å². The van der Waals surface area contributed by atoms with Crippen molar-refractivity contribution in [2.45, 2.75) is 44.4 Å². The largest absolute Gasteiger partial charge is 0.353 e. The van der Waals surface area contributed by atoms with Gasteiger partial charge in [-0.05, 0) is 58.2 Å². The van der Waals surface area contributed by atoms with Crippen LogP contribution in [-0.2, 0) is 10.5 Å². The summed E-state index contributed by atoms with van der Waals surface area (Å²) in [7, 11) is 4.28. The van der Waals surface area contributed by atoms with Crippen molar-refractivity contribution >= 4 is 17.7 Å². The smallest absolute Gasteiger partial charge is 0.230 e. The third-order valence-electron chi connectivity index (χ3n) is 4.42. The van der Waals surface area contributed by atoms with E-state index in [9.17, 15) is 4.79 Å². The molecule has 1 fully saturated rings. The van der Waals surface area contributed by atoms with E-state index < -0.39 is 0 Å². The van der Waals surface area contributed by atoms with Crippen LogP contribution in [0.1, 0.15) is 36.8 Å². The summed E-state index contributed by atoms with van der Waals surface area (Å²) in [6, 6.07) is 8.90. The molecule has 0 bridgehead atoms. The van der Waals surface area contributed by atoms with Crippen LogP contribution in [0.5, 0.6) is 0 Å². The second kappa shape index (κ2) is 9.33. The predicted octanol–water partition coefficient (Wildman–Crippen LogP) is 3.46. The highest BCUT2D eigenvalue weighted by Gasteiger charge is 2.22. The first-order valence-electron chi connectivity index (χ1n) is 8.60. The minimum atomic E-state index is 0.193. The molecule has 1 amide bonds. The van der Waals surface area contributed by atoms with E-state index in [4.69, 9.17) is 0 Å². The Hall–Kier alpha value is -1.00. The number of rotatable bonds is 7. The van der Waals surface area contributed by atoms with E-state index in [0.29, 0.717) is 11.8 Å². The first kappa shape index (κ1) is 18.3. The Morgan fingerprint density at radius 1 is 1.26 bits per heavy atom. The molecule has 0 saturated heterocycles. The van der Waals surface area contributed by atoms with E-state index in [-0.39, 0.29) is 5.91 Å². The molecule has 1 aromatic carbocycles. The van der Waals surface area contributed by atoms with E-state index in [1.54, 1.807) is 11.8 Å². The zero-order valence-corrected chi connectivity index (χ0v) is 15.5. The van der Waals surface area contributed by atoms with Crippen LogP contribution < -0.4 is 5.32 Å². The molecule has 0 aliphatic heterocycles. The summed E-state index contributed by atoms with van der Waals surface area (Å²) < 4.78 is 0. The molecule has 3 nitrogen and oxygen atoms in total. The zero-order chi connectivity index (χ0) is 16.7. The molecule has 23 heavy (non-hydrogen) atoms. The van der Waals surface area contributed by atoms with E-state index >= 15 is 0 Å². The SMILES string of the molecule is Cc1cccc(CSCC(=O)NC2CCC(CN(C)C)CC2)c1. The zero-order valence-electron chi connectivity index (χ0n) is 14.7. The minimum absolute atomic E-state index is 0.193. The Morgan fingerprint density at radius 3 is 2.65 bits per heavy atom. The number of aryl methyl sites for hydroxylation is 1. The molecule has 0 unspecified atom stereocenters. The Bertz CT molecular complexity index is 496. The molecule has 2 rings (SSSR count). The molecule has 1 aliphatic carbocycles. The van der Waals surface area contributed by atoms with Crippen molar-refractivity contribution in [2.24, 2.45) is 5.92 Å². The number of nitrogens with zero attached hydrogens (tertiary/aromatic N) is 1. The van der Waals surface area contributed by atoms with Crippen molar-refractivity contribution in [2.75, 3.05) is 26.4 Å². The fraction of sp³-hybridized carbons (Fsp3) is 0.632. The number of amides is 1. The number of carbonyl (C=O) groups excluding carboxylic acids is 1. The van der Waals surface area contributed by atoms with Crippen LogP contribution in [0, 0.1) is 12.8 Å². The number of carbonyl (C=O) groups is 1. The normalized spacial score (nSPS) is 21.4. The van der Waals surface area contributed by atoms with Gasteiger partial charge in [0.1, 0.15) is 0 Å². The average molecular weight is 335 g/mol. The quantitative estimate of drug-likeness (QED) is 0.829. The van der Waals surface area contributed by atoms with Crippen molar-refractivity contribution < 1.29 is 4.79 Å². The molecule has 1 N–H and O–H groups in total. The summed E-state index contributed by atoms with van der Waals surface area (Å²) in [5.74, 6) is 2.46. The van der Waals surface area contributed by atoms with Crippen molar-refractivity contribution in [3.63, 3.8) is 0 Å². The van der Waals surface area contributed by atoms with Gasteiger partial charge in [-0.25, -0.2) is 0 Å². The molecule has 1 aliphatic rings. The summed E-state index contributed by atoms with van der Waals surface area (Å²) in [6.07, 6.45) is 4.73. The topological polar surface area (TPSA) is 32.3 Å². The van der Waals surface area contributed by atoms with E-state index in [0.717, 1.165) is 24.5 Å². The van der Waals surface area contributed by atoms with Crippen molar-refractivity contribution in [3.8, 4) is 0 Å². The van der Waals surface area contributed by atoms with Crippen molar-refractivity contribution in [1.29, 1.82) is 0 Å². The third kappa shape index (κ3) is 6.96. The summed E-state index contributed by atoms with van der Waals surface area (Å²) in [5, 5.41) is 3.22. The molecule has 1 aromatic rings. The van der Waals surface area contributed by atoms with Gasteiger partial charge in [0.15, 0.2) is 0 Å². The molecular weight excluding hydrogens is 304 g/mol. The van der Waals surface area contributed by atoms with Crippen LogP contribution >= 0.6 is 11.8 Å². The van der Waals surface area contributed by atoms with Gasteiger partial charge in [-0.1, -0.05) is 29.8 Å². The highest BCUT2D eigenvalue weighted by Crippen LogP contribution is 2.24. The Morgan fingerprint density at radius 2 is 2.00 bits per heavy atom. The van der Waals surface area contributed by atoms with Crippen LogP contribution in [0.15, 0.2) is 24.3 Å². The molecule has 0 aromatic heterocycles. The second-order valence-electron chi connectivity index (χ2n) is 7.03. The summed E-state index contributed by atoms with van der Waals surface area (Å²) in [6.45, 7) is 3.28.